The molecule has 0 saturated carbocycles. The molecular formula is C21H21N3O5S3. The Morgan fingerprint density at radius 1 is 0.812 bits per heavy atom. The number of hydrogen-bond acceptors (Lipinski definition) is 6. The molecule has 168 valence electrons. The van der Waals surface area contributed by atoms with Crippen LogP contribution < -0.4 is 15.2 Å². The van der Waals surface area contributed by atoms with E-state index in [9.17, 15) is 21.6 Å². The van der Waals surface area contributed by atoms with Gasteiger partial charge in [0.1, 0.15) is 0 Å². The molecule has 8 nitrogen and oxygen atoms in total. The summed E-state index contributed by atoms with van der Waals surface area (Å²) in [5, 5.41) is 7.32. The quantitative estimate of drug-likeness (QED) is 0.414. The van der Waals surface area contributed by atoms with Gasteiger partial charge in [0, 0.05) is 16.3 Å². The Balaban J connectivity index is 1.59. The van der Waals surface area contributed by atoms with Crippen molar-refractivity contribution in [2.24, 2.45) is 5.14 Å². The highest BCUT2D eigenvalue weighted by molar-refractivity contribution is 8.00. The van der Waals surface area contributed by atoms with Crippen molar-refractivity contribution >= 4 is 49.1 Å². The third-order valence-electron chi connectivity index (χ3n) is 4.29. The molecule has 0 bridgehead atoms. The molecule has 0 radical (unpaired) electrons. The summed E-state index contributed by atoms with van der Waals surface area (Å²) in [4.78, 5) is 13.3. The Kier molecular flexibility index (Phi) is 7.24. The van der Waals surface area contributed by atoms with E-state index in [1.807, 2.05) is 0 Å². The third kappa shape index (κ3) is 6.33. The van der Waals surface area contributed by atoms with Crippen molar-refractivity contribution in [1.82, 2.24) is 0 Å². The van der Waals surface area contributed by atoms with Crippen LogP contribution in [0.4, 0.5) is 11.4 Å². The van der Waals surface area contributed by atoms with Gasteiger partial charge in [0.05, 0.1) is 15.0 Å². The Bertz CT molecular complexity index is 1290. The molecule has 0 aliphatic heterocycles. The van der Waals surface area contributed by atoms with Crippen LogP contribution in [0.15, 0.2) is 93.5 Å². The maximum Gasteiger partial charge on any atom is 0.261 e. The molecule has 0 heterocycles. The second-order valence-corrected chi connectivity index (χ2v) is 11.4. The number of anilines is 2. The number of carbonyl (C=O) groups is 1. The molecule has 3 rings (SSSR count). The fourth-order valence-electron chi connectivity index (χ4n) is 2.64. The lowest BCUT2D eigenvalue weighted by Crippen LogP contribution is -2.22. The van der Waals surface area contributed by atoms with Gasteiger partial charge in [0.2, 0.25) is 15.9 Å². The molecule has 11 heteroatoms. The highest BCUT2D eigenvalue weighted by Gasteiger charge is 2.16. The highest BCUT2D eigenvalue weighted by atomic mass is 32.2. The third-order valence-corrected chi connectivity index (χ3v) is 7.73. The van der Waals surface area contributed by atoms with Gasteiger partial charge in [-0.3, -0.25) is 9.52 Å². The zero-order chi connectivity index (χ0) is 23.4. The van der Waals surface area contributed by atoms with Crippen LogP contribution in [0, 0.1) is 0 Å². The number of amides is 1. The van der Waals surface area contributed by atoms with Gasteiger partial charge in [0.15, 0.2) is 0 Å². The summed E-state index contributed by atoms with van der Waals surface area (Å²) in [5.41, 5.74) is 0.853. The van der Waals surface area contributed by atoms with Gasteiger partial charge >= 0.3 is 0 Å². The topological polar surface area (TPSA) is 135 Å². The van der Waals surface area contributed by atoms with Gasteiger partial charge in [-0.05, 0) is 67.6 Å². The first-order valence-electron chi connectivity index (χ1n) is 9.33. The van der Waals surface area contributed by atoms with Gasteiger partial charge in [-0.15, -0.1) is 11.8 Å². The summed E-state index contributed by atoms with van der Waals surface area (Å²) in [5.74, 6) is -0.271. The summed E-state index contributed by atoms with van der Waals surface area (Å²) in [6, 6.07) is 20.3. The van der Waals surface area contributed by atoms with Gasteiger partial charge in [0.25, 0.3) is 10.0 Å². The van der Waals surface area contributed by atoms with E-state index in [0.717, 1.165) is 4.90 Å². The number of benzene rings is 3. The second-order valence-electron chi connectivity index (χ2n) is 6.76. The second kappa shape index (κ2) is 9.74. The first-order chi connectivity index (χ1) is 15.0. The molecule has 0 fully saturated rings. The molecule has 3 aromatic rings. The summed E-state index contributed by atoms with van der Waals surface area (Å²) < 4.78 is 49.9. The average molecular weight is 492 g/mol. The smallest absolute Gasteiger partial charge is 0.261 e. The van der Waals surface area contributed by atoms with Gasteiger partial charge in [-0.2, -0.15) is 0 Å². The van der Waals surface area contributed by atoms with E-state index in [-0.39, 0.29) is 15.7 Å². The van der Waals surface area contributed by atoms with Crippen molar-refractivity contribution in [2.75, 3.05) is 10.0 Å². The summed E-state index contributed by atoms with van der Waals surface area (Å²) >= 11 is 1.30. The van der Waals surface area contributed by atoms with Crippen LogP contribution in [0.2, 0.25) is 0 Å². The van der Waals surface area contributed by atoms with Crippen molar-refractivity contribution in [1.29, 1.82) is 0 Å². The Morgan fingerprint density at radius 3 is 1.94 bits per heavy atom. The number of sulfonamides is 2. The molecule has 32 heavy (non-hydrogen) atoms. The van der Waals surface area contributed by atoms with E-state index >= 15 is 0 Å². The number of rotatable bonds is 8. The van der Waals surface area contributed by atoms with E-state index in [2.05, 4.69) is 10.0 Å². The number of nitrogens with two attached hydrogens (primary N) is 1. The lowest BCUT2D eigenvalue weighted by Gasteiger charge is -2.13. The number of nitrogens with one attached hydrogen (secondary N) is 2. The van der Waals surface area contributed by atoms with Crippen LogP contribution in [0.25, 0.3) is 0 Å². The number of primary sulfonamides is 1. The van der Waals surface area contributed by atoms with Gasteiger partial charge in [-0.25, -0.2) is 22.0 Å². The predicted molar refractivity (Wildman–Crippen MR) is 125 cm³/mol. The van der Waals surface area contributed by atoms with E-state index in [0.29, 0.717) is 11.4 Å². The predicted octanol–water partition coefficient (Wildman–Crippen LogP) is 3.25. The van der Waals surface area contributed by atoms with Crippen molar-refractivity contribution in [3.8, 4) is 0 Å². The maximum atomic E-state index is 12.4. The first kappa shape index (κ1) is 23.8. The molecule has 4 N–H and O–H groups in total. The Morgan fingerprint density at radius 2 is 1.38 bits per heavy atom. The lowest BCUT2D eigenvalue weighted by atomic mass is 10.3. The average Bonchev–Trinajstić information content (AvgIpc) is 2.75. The van der Waals surface area contributed by atoms with Gasteiger partial charge in [-0.1, -0.05) is 18.2 Å². The largest absolute Gasteiger partial charge is 0.325 e. The minimum Gasteiger partial charge on any atom is -0.325 e. The molecule has 0 spiro atoms. The van der Waals surface area contributed by atoms with E-state index in [1.54, 1.807) is 49.4 Å². The van der Waals surface area contributed by atoms with E-state index in [1.165, 1.54) is 48.2 Å². The van der Waals surface area contributed by atoms with Crippen molar-refractivity contribution in [2.45, 2.75) is 26.9 Å². The van der Waals surface area contributed by atoms with Crippen LogP contribution in [-0.4, -0.2) is 28.0 Å². The Hall–Kier alpha value is -2.86. The standard InChI is InChI=1S/C21H21N3O5S3/c1-15(21(25)23-16-9-13-19(14-10-16)31(22,26)27)30-18-11-7-17(8-12-18)24-32(28,29)20-5-3-2-4-6-20/h2-15,24H,1H3,(H,23,25)(H2,22,26,27). The van der Waals surface area contributed by atoms with Crippen molar-refractivity contribution < 1.29 is 21.6 Å². The molecule has 0 saturated heterocycles. The van der Waals surface area contributed by atoms with Crippen LogP contribution in [0.3, 0.4) is 0 Å². The zero-order valence-corrected chi connectivity index (χ0v) is 19.4. The lowest BCUT2D eigenvalue weighted by molar-refractivity contribution is -0.115. The van der Waals surface area contributed by atoms with Crippen LogP contribution in [0.5, 0.6) is 0 Å². The van der Waals surface area contributed by atoms with E-state index in [4.69, 9.17) is 5.14 Å². The maximum absolute atomic E-state index is 12.4. The fourth-order valence-corrected chi connectivity index (χ4v) is 5.11. The summed E-state index contributed by atoms with van der Waals surface area (Å²) in [6.45, 7) is 1.73. The van der Waals surface area contributed by atoms with E-state index < -0.39 is 25.3 Å². The number of thioether (sulfide) groups is 1. The number of carbonyl (C=O) groups excluding carboxylic acids is 1. The SMILES string of the molecule is CC(Sc1ccc(NS(=O)(=O)c2ccccc2)cc1)C(=O)Nc1ccc(S(N)(=O)=O)cc1. The highest BCUT2D eigenvalue weighted by Crippen LogP contribution is 2.26. The minimum absolute atomic E-state index is 0.0408. The van der Waals surface area contributed by atoms with Crippen molar-refractivity contribution in [3.63, 3.8) is 0 Å². The first-order valence-corrected chi connectivity index (χ1v) is 13.2. The minimum atomic E-state index is -3.80. The zero-order valence-electron chi connectivity index (χ0n) is 16.9. The monoisotopic (exact) mass is 491 g/mol. The molecule has 1 amide bonds. The van der Waals surface area contributed by atoms with Crippen LogP contribution in [-0.2, 0) is 24.8 Å². The van der Waals surface area contributed by atoms with Crippen LogP contribution in [0.1, 0.15) is 6.92 Å². The molecule has 0 aliphatic carbocycles. The number of hydrogen-bond donors (Lipinski definition) is 3. The normalized spacial score (nSPS) is 12.7. The summed E-state index contributed by atoms with van der Waals surface area (Å²) in [7, 11) is -7.47. The molecular weight excluding hydrogens is 470 g/mol. The molecule has 1 atom stereocenters. The van der Waals surface area contributed by atoms with Gasteiger partial charge < -0.3 is 5.32 Å². The van der Waals surface area contributed by atoms with Crippen molar-refractivity contribution in [3.05, 3.63) is 78.9 Å². The molecule has 0 aliphatic rings. The summed E-state index contributed by atoms with van der Waals surface area (Å²) in [6.07, 6.45) is 0. The molecule has 1 unspecified atom stereocenters. The molecule has 0 aromatic heterocycles. The fraction of sp³-hybridized carbons (Fsp3) is 0.0952. The van der Waals surface area contributed by atoms with Crippen LogP contribution >= 0.6 is 11.8 Å². The molecule has 3 aromatic carbocycles. The Labute approximate surface area is 191 Å².